The van der Waals surface area contributed by atoms with E-state index in [0.717, 1.165) is 37.6 Å². The van der Waals surface area contributed by atoms with Gasteiger partial charge in [0, 0.05) is 36.0 Å². The number of carbonyl (C=O) groups excluding carboxylic acids is 1. The molecule has 2 heterocycles. The van der Waals surface area contributed by atoms with Gasteiger partial charge in [0.05, 0.1) is 18.8 Å². The second kappa shape index (κ2) is 10.2. The summed E-state index contributed by atoms with van der Waals surface area (Å²) in [6, 6.07) is 12.3. The molecule has 27 heavy (non-hydrogen) atoms. The summed E-state index contributed by atoms with van der Waals surface area (Å²) in [5.41, 5.74) is 1.21. The Hall–Kier alpha value is -1.40. The Bertz CT molecular complexity index is 705. The molecule has 6 heteroatoms. The van der Waals surface area contributed by atoms with Crippen molar-refractivity contribution in [2.75, 3.05) is 26.2 Å². The molecule has 4 nitrogen and oxygen atoms in total. The van der Waals surface area contributed by atoms with Crippen molar-refractivity contribution in [1.29, 1.82) is 0 Å². The van der Waals surface area contributed by atoms with Crippen molar-refractivity contribution in [1.82, 2.24) is 10.2 Å². The number of nitrogens with zero attached hydrogens (tertiary/aromatic N) is 1. The van der Waals surface area contributed by atoms with Gasteiger partial charge < -0.3 is 10.1 Å². The molecular formula is C21H27ClN2O2S. The van der Waals surface area contributed by atoms with E-state index in [2.05, 4.69) is 34.7 Å². The first-order valence-corrected chi connectivity index (χ1v) is 10.8. The molecule has 1 saturated heterocycles. The van der Waals surface area contributed by atoms with Crippen molar-refractivity contribution in [3.8, 4) is 0 Å². The fourth-order valence-electron chi connectivity index (χ4n) is 3.42. The number of halogens is 1. The fraction of sp³-hybridized carbons (Fsp3) is 0.476. The second-order valence-electron chi connectivity index (χ2n) is 6.99. The maximum atomic E-state index is 12.3. The van der Waals surface area contributed by atoms with Gasteiger partial charge in [0.15, 0.2) is 0 Å². The first-order chi connectivity index (χ1) is 13.1. The maximum absolute atomic E-state index is 12.3. The molecule has 0 radical (unpaired) electrons. The molecule has 2 atom stereocenters. The summed E-state index contributed by atoms with van der Waals surface area (Å²) in [6.45, 7) is 5.30. The first kappa shape index (κ1) is 20.3. The highest BCUT2D eigenvalue weighted by atomic mass is 35.5. The van der Waals surface area contributed by atoms with Crippen molar-refractivity contribution < 1.29 is 9.53 Å². The third-order valence-corrected chi connectivity index (χ3v) is 6.09. The van der Waals surface area contributed by atoms with Crippen LogP contribution in [-0.4, -0.2) is 43.2 Å². The molecule has 0 saturated carbocycles. The minimum atomic E-state index is 0.117. The fourth-order valence-corrected chi connectivity index (χ4v) is 4.41. The van der Waals surface area contributed by atoms with Crippen LogP contribution in [0.15, 0.2) is 41.8 Å². The van der Waals surface area contributed by atoms with Crippen LogP contribution in [0.25, 0.3) is 0 Å². The Morgan fingerprint density at radius 1 is 1.37 bits per heavy atom. The summed E-state index contributed by atoms with van der Waals surface area (Å²) in [5, 5.41) is 5.98. The third-order valence-electron chi connectivity index (χ3n) is 4.86. The summed E-state index contributed by atoms with van der Waals surface area (Å²) >= 11 is 7.66. The van der Waals surface area contributed by atoms with Gasteiger partial charge in [-0.25, -0.2) is 0 Å². The number of rotatable bonds is 8. The van der Waals surface area contributed by atoms with Crippen LogP contribution in [0.5, 0.6) is 0 Å². The Kier molecular flexibility index (Phi) is 7.70. The SMILES string of the molecule is C[C@H]1CN([C@@H](CNC(=O)CCCc2ccc(Cl)cc2)c2cccs2)CCO1. The van der Waals surface area contributed by atoms with Gasteiger partial charge in [-0.2, -0.15) is 0 Å². The lowest BCUT2D eigenvalue weighted by Crippen LogP contribution is -2.46. The van der Waals surface area contributed by atoms with Crippen LogP contribution in [0.2, 0.25) is 5.02 Å². The minimum Gasteiger partial charge on any atom is -0.376 e. The average molecular weight is 407 g/mol. The van der Waals surface area contributed by atoms with E-state index in [1.54, 1.807) is 11.3 Å². The largest absolute Gasteiger partial charge is 0.376 e. The summed E-state index contributed by atoms with van der Waals surface area (Å²) in [4.78, 5) is 16.1. The van der Waals surface area contributed by atoms with E-state index in [9.17, 15) is 4.79 Å². The summed E-state index contributed by atoms with van der Waals surface area (Å²) in [6.07, 6.45) is 2.50. The minimum absolute atomic E-state index is 0.117. The van der Waals surface area contributed by atoms with Gasteiger partial charge >= 0.3 is 0 Å². The van der Waals surface area contributed by atoms with Crippen LogP contribution in [0.4, 0.5) is 0 Å². The molecular weight excluding hydrogens is 380 g/mol. The van der Waals surface area contributed by atoms with Gasteiger partial charge in [-0.3, -0.25) is 9.69 Å². The second-order valence-corrected chi connectivity index (χ2v) is 8.41. The molecule has 1 aromatic carbocycles. The molecule has 0 bridgehead atoms. The third kappa shape index (κ3) is 6.32. The number of morpholine rings is 1. The molecule has 1 fully saturated rings. The van der Waals surface area contributed by atoms with E-state index >= 15 is 0 Å². The van der Waals surface area contributed by atoms with Crippen LogP contribution >= 0.6 is 22.9 Å². The Morgan fingerprint density at radius 2 is 2.19 bits per heavy atom. The Labute approximate surface area is 170 Å². The highest BCUT2D eigenvalue weighted by Crippen LogP contribution is 2.26. The molecule has 1 aromatic heterocycles. The van der Waals surface area contributed by atoms with E-state index in [0.29, 0.717) is 13.0 Å². The number of benzene rings is 1. The Morgan fingerprint density at radius 3 is 2.89 bits per heavy atom. The van der Waals surface area contributed by atoms with E-state index in [4.69, 9.17) is 16.3 Å². The van der Waals surface area contributed by atoms with Crippen LogP contribution in [0.1, 0.15) is 36.2 Å². The van der Waals surface area contributed by atoms with Gasteiger partial charge in [-0.1, -0.05) is 29.8 Å². The van der Waals surface area contributed by atoms with Crippen molar-refractivity contribution in [3.63, 3.8) is 0 Å². The van der Waals surface area contributed by atoms with Gasteiger partial charge in [0.2, 0.25) is 5.91 Å². The lowest BCUT2D eigenvalue weighted by Gasteiger charge is -2.37. The first-order valence-electron chi connectivity index (χ1n) is 9.52. The number of aryl methyl sites for hydroxylation is 1. The number of hydrogen-bond acceptors (Lipinski definition) is 4. The molecule has 1 aliphatic rings. The molecule has 0 unspecified atom stereocenters. The normalized spacial score (nSPS) is 19.0. The van der Waals surface area contributed by atoms with E-state index in [-0.39, 0.29) is 18.1 Å². The predicted molar refractivity (Wildman–Crippen MR) is 111 cm³/mol. The van der Waals surface area contributed by atoms with E-state index < -0.39 is 0 Å². The molecule has 1 aliphatic heterocycles. The lowest BCUT2D eigenvalue weighted by atomic mass is 10.1. The molecule has 0 aliphatic carbocycles. The van der Waals surface area contributed by atoms with Crippen molar-refractivity contribution in [3.05, 3.63) is 57.2 Å². The molecule has 146 valence electrons. The van der Waals surface area contributed by atoms with Gasteiger partial charge in [0.25, 0.3) is 0 Å². The van der Waals surface area contributed by atoms with Gasteiger partial charge in [0.1, 0.15) is 0 Å². The zero-order chi connectivity index (χ0) is 19.1. The van der Waals surface area contributed by atoms with Crippen molar-refractivity contribution >= 4 is 28.8 Å². The predicted octanol–water partition coefficient (Wildman–Crippen LogP) is 4.30. The number of thiophene rings is 1. The highest BCUT2D eigenvalue weighted by molar-refractivity contribution is 7.10. The number of ether oxygens (including phenoxy) is 1. The summed E-state index contributed by atoms with van der Waals surface area (Å²) in [5.74, 6) is 0.117. The monoisotopic (exact) mass is 406 g/mol. The number of amides is 1. The number of carbonyl (C=O) groups is 1. The van der Waals surface area contributed by atoms with E-state index in [1.165, 1.54) is 10.4 Å². The van der Waals surface area contributed by atoms with Gasteiger partial charge in [-0.05, 0) is 48.9 Å². The summed E-state index contributed by atoms with van der Waals surface area (Å²) < 4.78 is 5.67. The average Bonchev–Trinajstić information content (AvgIpc) is 3.18. The van der Waals surface area contributed by atoms with E-state index in [1.807, 2.05) is 24.3 Å². The zero-order valence-electron chi connectivity index (χ0n) is 15.7. The van der Waals surface area contributed by atoms with Crippen molar-refractivity contribution in [2.45, 2.75) is 38.3 Å². The van der Waals surface area contributed by atoms with Crippen LogP contribution < -0.4 is 5.32 Å². The van der Waals surface area contributed by atoms with Crippen LogP contribution in [0.3, 0.4) is 0 Å². The molecule has 2 aromatic rings. The molecule has 1 N–H and O–H groups in total. The topological polar surface area (TPSA) is 41.6 Å². The standard InChI is InChI=1S/C21H27ClN2O2S/c1-16-15-24(11-12-26-16)19(20-5-3-13-27-20)14-23-21(25)6-2-4-17-7-9-18(22)10-8-17/h3,5,7-10,13,16,19H,2,4,6,11-12,14-15H2,1H3,(H,23,25)/t16-,19-/m0/s1. The van der Waals surface area contributed by atoms with Gasteiger partial charge in [-0.15, -0.1) is 11.3 Å². The smallest absolute Gasteiger partial charge is 0.220 e. The highest BCUT2D eigenvalue weighted by Gasteiger charge is 2.26. The van der Waals surface area contributed by atoms with Crippen LogP contribution in [-0.2, 0) is 16.0 Å². The quantitative estimate of drug-likeness (QED) is 0.710. The maximum Gasteiger partial charge on any atom is 0.220 e. The number of hydrogen-bond donors (Lipinski definition) is 1. The van der Waals surface area contributed by atoms with Crippen LogP contribution in [0, 0.1) is 0 Å². The van der Waals surface area contributed by atoms with Crippen molar-refractivity contribution in [2.24, 2.45) is 0 Å². The number of nitrogens with one attached hydrogen (secondary N) is 1. The molecule has 1 amide bonds. The lowest BCUT2D eigenvalue weighted by molar-refractivity contribution is -0.121. The summed E-state index contributed by atoms with van der Waals surface area (Å²) in [7, 11) is 0. The Balaban J connectivity index is 1.47. The zero-order valence-corrected chi connectivity index (χ0v) is 17.3. The molecule has 3 rings (SSSR count). The molecule has 0 spiro atoms.